The van der Waals surface area contributed by atoms with Crippen molar-refractivity contribution in [3.05, 3.63) is 108 Å². The van der Waals surface area contributed by atoms with Crippen LogP contribution in [0.3, 0.4) is 0 Å². The van der Waals surface area contributed by atoms with Crippen LogP contribution >= 0.6 is 0 Å². The van der Waals surface area contributed by atoms with Gasteiger partial charge in [-0.1, -0.05) is 97.8 Å². The Labute approximate surface area is 174 Å². The molecular weight excluding hydrogens is 348 g/mol. The first kappa shape index (κ1) is 19.2. The molecule has 0 bridgehead atoms. The zero-order chi connectivity index (χ0) is 20.4. The Morgan fingerprint density at radius 1 is 0.414 bits per heavy atom. The van der Waals surface area contributed by atoms with E-state index < -0.39 is 0 Å². The lowest BCUT2D eigenvalue weighted by Gasteiger charge is -2.13. The quantitative estimate of drug-likeness (QED) is 0.335. The number of rotatable bonds is 4. The van der Waals surface area contributed by atoms with Gasteiger partial charge in [-0.15, -0.1) is 0 Å². The van der Waals surface area contributed by atoms with Gasteiger partial charge in [-0.25, -0.2) is 0 Å². The van der Waals surface area contributed by atoms with Gasteiger partial charge in [0.2, 0.25) is 0 Å². The maximum atomic E-state index is 2.31. The SMILES string of the molecule is Cc1ccc(-c2cc(-c3ccc(C)cc3)cc(-c3ccc(C(C)C)cc3)c2)cc1. The van der Waals surface area contributed by atoms with E-state index >= 15 is 0 Å². The number of aryl methyl sites for hydroxylation is 2. The van der Waals surface area contributed by atoms with E-state index in [9.17, 15) is 0 Å². The van der Waals surface area contributed by atoms with Crippen molar-refractivity contribution >= 4 is 0 Å². The van der Waals surface area contributed by atoms with Crippen molar-refractivity contribution in [1.29, 1.82) is 0 Å². The molecule has 0 aliphatic rings. The summed E-state index contributed by atoms with van der Waals surface area (Å²) >= 11 is 0. The lowest BCUT2D eigenvalue weighted by Crippen LogP contribution is -1.89. The fourth-order valence-corrected chi connectivity index (χ4v) is 3.68. The zero-order valence-electron chi connectivity index (χ0n) is 17.7. The van der Waals surface area contributed by atoms with Gasteiger partial charge in [0.25, 0.3) is 0 Å². The van der Waals surface area contributed by atoms with Crippen LogP contribution in [-0.4, -0.2) is 0 Å². The molecule has 0 radical (unpaired) electrons. The lowest BCUT2D eigenvalue weighted by molar-refractivity contribution is 0.867. The Kier molecular flexibility index (Phi) is 5.36. The Bertz CT molecular complexity index is 1030. The molecule has 0 spiro atoms. The van der Waals surface area contributed by atoms with Crippen LogP contribution in [0.5, 0.6) is 0 Å². The average molecular weight is 377 g/mol. The van der Waals surface area contributed by atoms with Crippen LogP contribution in [0.2, 0.25) is 0 Å². The molecule has 4 aromatic carbocycles. The van der Waals surface area contributed by atoms with Gasteiger partial charge < -0.3 is 0 Å². The first-order chi connectivity index (χ1) is 14.0. The minimum Gasteiger partial charge on any atom is -0.0587 e. The van der Waals surface area contributed by atoms with Crippen molar-refractivity contribution in [2.24, 2.45) is 0 Å². The van der Waals surface area contributed by atoms with E-state index in [4.69, 9.17) is 0 Å². The molecule has 0 aromatic heterocycles. The monoisotopic (exact) mass is 376 g/mol. The molecule has 0 amide bonds. The number of hydrogen-bond donors (Lipinski definition) is 0. The first-order valence-corrected chi connectivity index (χ1v) is 10.4. The van der Waals surface area contributed by atoms with Crippen molar-refractivity contribution in [1.82, 2.24) is 0 Å². The van der Waals surface area contributed by atoms with Crippen molar-refractivity contribution in [3.63, 3.8) is 0 Å². The highest BCUT2D eigenvalue weighted by atomic mass is 14.1. The molecule has 0 fully saturated rings. The van der Waals surface area contributed by atoms with Crippen molar-refractivity contribution < 1.29 is 0 Å². The summed E-state index contributed by atoms with van der Waals surface area (Å²) in [5.74, 6) is 0.547. The molecular formula is C29H28. The van der Waals surface area contributed by atoms with Crippen LogP contribution in [0.15, 0.2) is 91.0 Å². The molecule has 0 N–H and O–H groups in total. The summed E-state index contributed by atoms with van der Waals surface area (Å²) in [6.07, 6.45) is 0. The lowest BCUT2D eigenvalue weighted by atomic mass is 9.92. The van der Waals surface area contributed by atoms with E-state index in [1.54, 1.807) is 0 Å². The molecule has 144 valence electrons. The van der Waals surface area contributed by atoms with Gasteiger partial charge in [-0.3, -0.25) is 0 Å². The van der Waals surface area contributed by atoms with Crippen molar-refractivity contribution in [2.75, 3.05) is 0 Å². The second-order valence-corrected chi connectivity index (χ2v) is 8.31. The van der Waals surface area contributed by atoms with Crippen LogP contribution in [0.1, 0.15) is 36.5 Å². The van der Waals surface area contributed by atoms with Crippen LogP contribution in [0, 0.1) is 13.8 Å². The number of benzene rings is 4. The molecule has 0 saturated heterocycles. The molecule has 4 aromatic rings. The average Bonchev–Trinajstić information content (AvgIpc) is 2.74. The summed E-state index contributed by atoms with van der Waals surface area (Å²) in [6.45, 7) is 8.74. The second-order valence-electron chi connectivity index (χ2n) is 8.31. The van der Waals surface area contributed by atoms with Crippen LogP contribution in [-0.2, 0) is 0 Å². The highest BCUT2D eigenvalue weighted by Gasteiger charge is 2.08. The van der Waals surface area contributed by atoms with Gasteiger partial charge in [-0.2, -0.15) is 0 Å². The highest BCUT2D eigenvalue weighted by molar-refractivity contribution is 5.81. The molecule has 29 heavy (non-hydrogen) atoms. The zero-order valence-corrected chi connectivity index (χ0v) is 17.7. The maximum absolute atomic E-state index is 2.31. The van der Waals surface area contributed by atoms with E-state index in [0.717, 1.165) is 0 Å². The third kappa shape index (κ3) is 4.32. The standard InChI is InChI=1S/C29H28/c1-20(2)23-13-15-26(16-14-23)29-18-27(24-9-5-21(3)6-10-24)17-28(19-29)25-11-7-22(4)8-12-25/h5-20H,1-4H3. The minimum atomic E-state index is 0.547. The summed E-state index contributed by atoms with van der Waals surface area (Å²) in [5.41, 5.74) is 11.5. The third-order valence-corrected chi connectivity index (χ3v) is 5.61. The van der Waals surface area contributed by atoms with Gasteiger partial charge in [0.05, 0.1) is 0 Å². The summed E-state index contributed by atoms with van der Waals surface area (Å²) in [7, 11) is 0. The topological polar surface area (TPSA) is 0 Å². The fourth-order valence-electron chi connectivity index (χ4n) is 3.68. The maximum Gasteiger partial charge on any atom is -0.0172 e. The van der Waals surface area contributed by atoms with E-state index in [1.165, 1.54) is 50.1 Å². The Hall–Kier alpha value is -3.12. The minimum absolute atomic E-state index is 0.547. The molecule has 0 heterocycles. The molecule has 0 nitrogen and oxygen atoms in total. The molecule has 0 saturated carbocycles. The highest BCUT2D eigenvalue weighted by Crippen LogP contribution is 2.33. The largest absolute Gasteiger partial charge is 0.0587 e. The van der Waals surface area contributed by atoms with Gasteiger partial charge in [0.15, 0.2) is 0 Å². The Morgan fingerprint density at radius 3 is 1.03 bits per heavy atom. The second kappa shape index (κ2) is 8.09. The number of hydrogen-bond acceptors (Lipinski definition) is 0. The summed E-state index contributed by atoms with van der Waals surface area (Å²) in [4.78, 5) is 0. The van der Waals surface area contributed by atoms with Crippen LogP contribution in [0.4, 0.5) is 0 Å². The van der Waals surface area contributed by atoms with Crippen LogP contribution in [0.25, 0.3) is 33.4 Å². The predicted molar refractivity (Wildman–Crippen MR) is 126 cm³/mol. The molecule has 0 aliphatic heterocycles. The Balaban J connectivity index is 1.85. The third-order valence-electron chi connectivity index (χ3n) is 5.61. The van der Waals surface area contributed by atoms with E-state index in [0.29, 0.717) is 5.92 Å². The predicted octanol–water partition coefficient (Wildman–Crippen LogP) is 8.43. The van der Waals surface area contributed by atoms with E-state index in [1.807, 2.05) is 0 Å². The summed E-state index contributed by atoms with van der Waals surface area (Å²) < 4.78 is 0. The van der Waals surface area contributed by atoms with Gasteiger partial charge >= 0.3 is 0 Å². The molecule has 4 rings (SSSR count). The van der Waals surface area contributed by atoms with Crippen molar-refractivity contribution in [3.8, 4) is 33.4 Å². The molecule has 0 unspecified atom stereocenters. The molecule has 0 atom stereocenters. The first-order valence-electron chi connectivity index (χ1n) is 10.4. The summed E-state index contributed by atoms with van der Waals surface area (Å²) in [5, 5.41) is 0. The fraction of sp³-hybridized carbons (Fsp3) is 0.172. The normalized spacial score (nSPS) is 11.1. The molecule has 0 heteroatoms. The van der Waals surface area contributed by atoms with Crippen molar-refractivity contribution in [2.45, 2.75) is 33.6 Å². The van der Waals surface area contributed by atoms with Gasteiger partial charge in [-0.05, 0) is 76.9 Å². The Morgan fingerprint density at radius 2 is 0.724 bits per heavy atom. The van der Waals surface area contributed by atoms with Crippen LogP contribution < -0.4 is 0 Å². The summed E-state index contributed by atoms with van der Waals surface area (Å²) in [6, 6.07) is 33.6. The van der Waals surface area contributed by atoms with E-state index in [2.05, 4.69) is 119 Å². The van der Waals surface area contributed by atoms with Gasteiger partial charge in [0.1, 0.15) is 0 Å². The smallest absolute Gasteiger partial charge is 0.0172 e. The molecule has 0 aliphatic carbocycles. The van der Waals surface area contributed by atoms with E-state index in [-0.39, 0.29) is 0 Å². The van der Waals surface area contributed by atoms with Gasteiger partial charge in [0, 0.05) is 0 Å².